The lowest BCUT2D eigenvalue weighted by atomic mass is 9.89. The molecule has 6 heteroatoms. The second-order valence-corrected chi connectivity index (χ2v) is 7.25. The largest absolute Gasteiger partial charge is 0.324 e. The number of hydrogen-bond donors (Lipinski definition) is 1. The average molecular weight is 374 g/mol. The highest BCUT2D eigenvalue weighted by molar-refractivity contribution is 6.44. The molecule has 1 atom stereocenters. The first-order valence-corrected chi connectivity index (χ1v) is 9.00. The highest BCUT2D eigenvalue weighted by Crippen LogP contribution is 2.32. The van der Waals surface area contributed by atoms with Crippen LogP contribution in [0.5, 0.6) is 0 Å². The second-order valence-electron chi connectivity index (χ2n) is 6.47. The molecule has 1 unspecified atom stereocenters. The lowest BCUT2D eigenvalue weighted by Crippen LogP contribution is -2.28. The fraction of sp³-hybridized carbons (Fsp3) is 0.263. The molecule has 25 heavy (non-hydrogen) atoms. The van der Waals surface area contributed by atoms with Crippen molar-refractivity contribution in [1.29, 1.82) is 0 Å². The number of rotatable bonds is 2. The Morgan fingerprint density at radius 3 is 3.00 bits per heavy atom. The molecule has 1 aromatic carbocycles. The zero-order chi connectivity index (χ0) is 17.6. The van der Waals surface area contributed by atoms with Crippen molar-refractivity contribution in [3.05, 3.63) is 63.5 Å². The zero-order valence-electron chi connectivity index (χ0n) is 13.7. The van der Waals surface area contributed by atoms with Gasteiger partial charge in [-0.15, -0.1) is 0 Å². The maximum Gasteiger partial charge on any atom is 0.227 e. The maximum atomic E-state index is 12.7. The predicted octanol–water partition coefficient (Wildman–Crippen LogP) is 4.69. The summed E-state index contributed by atoms with van der Waals surface area (Å²) in [4.78, 5) is 17.4. The van der Waals surface area contributed by atoms with E-state index < -0.39 is 0 Å². The number of carbonyl (C=O) groups is 1. The number of fused-ring (bicyclic) bond motifs is 3. The number of benzene rings is 1. The fourth-order valence-electron chi connectivity index (χ4n) is 3.37. The number of nitrogens with zero attached hydrogens (tertiary/aromatic N) is 2. The van der Waals surface area contributed by atoms with E-state index in [9.17, 15) is 4.79 Å². The highest BCUT2D eigenvalue weighted by Gasteiger charge is 2.28. The van der Waals surface area contributed by atoms with Gasteiger partial charge in [0, 0.05) is 24.2 Å². The third-order valence-electron chi connectivity index (χ3n) is 4.71. The van der Waals surface area contributed by atoms with Crippen molar-refractivity contribution >= 4 is 40.4 Å². The summed E-state index contributed by atoms with van der Waals surface area (Å²) in [5.41, 5.74) is 4.90. The molecule has 1 aliphatic carbocycles. The molecule has 1 amide bonds. The Morgan fingerprint density at radius 2 is 2.16 bits per heavy atom. The lowest BCUT2D eigenvalue weighted by molar-refractivity contribution is -0.120. The van der Waals surface area contributed by atoms with Crippen LogP contribution in [0.3, 0.4) is 0 Å². The molecule has 0 fully saturated rings. The standard InChI is InChI=1S/C19H17Cl2N3O/c1-11-7-8-24-16-10-12(5-6-14(16)22-17(24)9-11)19(25)23-15-4-2-3-13(20)18(15)21/h2-4,7-9,12H,5-6,10H2,1H3,(H,23,25). The summed E-state index contributed by atoms with van der Waals surface area (Å²) in [6, 6.07) is 9.36. The number of nitrogens with one attached hydrogen (secondary N) is 1. The normalized spacial score (nSPS) is 16.7. The molecule has 2 aromatic heterocycles. The van der Waals surface area contributed by atoms with Gasteiger partial charge in [0.2, 0.25) is 5.91 Å². The topological polar surface area (TPSA) is 46.4 Å². The predicted molar refractivity (Wildman–Crippen MR) is 101 cm³/mol. The van der Waals surface area contributed by atoms with Gasteiger partial charge >= 0.3 is 0 Å². The molecule has 1 N–H and O–H groups in total. The van der Waals surface area contributed by atoms with Crippen LogP contribution in [0.4, 0.5) is 5.69 Å². The van der Waals surface area contributed by atoms with E-state index in [1.807, 2.05) is 6.20 Å². The van der Waals surface area contributed by atoms with Gasteiger partial charge in [-0.2, -0.15) is 0 Å². The minimum Gasteiger partial charge on any atom is -0.324 e. The smallest absolute Gasteiger partial charge is 0.227 e. The fourth-order valence-corrected chi connectivity index (χ4v) is 3.72. The molecule has 0 bridgehead atoms. The quantitative estimate of drug-likeness (QED) is 0.707. The van der Waals surface area contributed by atoms with Crippen LogP contribution in [0, 0.1) is 12.8 Å². The number of amides is 1. The molecule has 0 spiro atoms. The molecule has 4 nitrogen and oxygen atoms in total. The summed E-state index contributed by atoms with van der Waals surface area (Å²) >= 11 is 12.2. The molecule has 0 saturated carbocycles. The van der Waals surface area contributed by atoms with Crippen molar-refractivity contribution in [3.63, 3.8) is 0 Å². The first kappa shape index (κ1) is 16.4. The first-order valence-electron chi connectivity index (χ1n) is 8.24. The number of anilines is 1. The Bertz CT molecular complexity index is 980. The average Bonchev–Trinajstić information content (AvgIpc) is 2.95. The van der Waals surface area contributed by atoms with Crippen LogP contribution in [0.15, 0.2) is 36.5 Å². The monoisotopic (exact) mass is 373 g/mol. The molecule has 0 aliphatic heterocycles. The van der Waals surface area contributed by atoms with Gasteiger partial charge in [-0.05, 0) is 49.6 Å². The SMILES string of the molecule is Cc1ccn2c3c(nc2c1)CCC(C(=O)Nc1cccc(Cl)c1Cl)C3. The number of aryl methyl sites for hydroxylation is 2. The summed E-state index contributed by atoms with van der Waals surface area (Å²) in [7, 11) is 0. The second kappa shape index (κ2) is 6.36. The number of aromatic nitrogens is 2. The van der Waals surface area contributed by atoms with Crippen LogP contribution >= 0.6 is 23.2 Å². The van der Waals surface area contributed by atoms with Crippen molar-refractivity contribution < 1.29 is 4.79 Å². The molecule has 1 aliphatic rings. The summed E-state index contributed by atoms with van der Waals surface area (Å²) in [5.74, 6) is -0.138. The van der Waals surface area contributed by atoms with Crippen molar-refractivity contribution in [2.24, 2.45) is 5.92 Å². The minimum atomic E-state index is -0.108. The summed E-state index contributed by atoms with van der Waals surface area (Å²) in [5, 5.41) is 3.72. The van der Waals surface area contributed by atoms with Gasteiger partial charge < -0.3 is 9.72 Å². The van der Waals surface area contributed by atoms with Crippen LogP contribution in [0.25, 0.3) is 5.65 Å². The van der Waals surface area contributed by atoms with Crippen LogP contribution in [0.1, 0.15) is 23.4 Å². The molecule has 4 rings (SSSR count). The molecule has 2 heterocycles. The van der Waals surface area contributed by atoms with Crippen molar-refractivity contribution in [2.75, 3.05) is 5.32 Å². The molecule has 0 radical (unpaired) electrons. The Balaban J connectivity index is 1.58. The van der Waals surface area contributed by atoms with E-state index in [0.29, 0.717) is 22.2 Å². The van der Waals surface area contributed by atoms with Gasteiger partial charge in [0.15, 0.2) is 0 Å². The van der Waals surface area contributed by atoms with E-state index in [4.69, 9.17) is 28.2 Å². The van der Waals surface area contributed by atoms with Crippen LogP contribution < -0.4 is 5.32 Å². The molecule has 3 aromatic rings. The van der Waals surface area contributed by atoms with Gasteiger partial charge in [0.05, 0.1) is 21.4 Å². The number of pyridine rings is 1. The highest BCUT2D eigenvalue weighted by atomic mass is 35.5. The van der Waals surface area contributed by atoms with E-state index in [2.05, 4.69) is 28.8 Å². The Labute approximate surface area is 155 Å². The van der Waals surface area contributed by atoms with Gasteiger partial charge in [-0.25, -0.2) is 4.98 Å². The van der Waals surface area contributed by atoms with E-state index in [0.717, 1.165) is 29.9 Å². The third kappa shape index (κ3) is 3.00. The van der Waals surface area contributed by atoms with E-state index in [1.165, 1.54) is 5.56 Å². The molecule has 0 saturated heterocycles. The Kier molecular flexibility index (Phi) is 4.18. The van der Waals surface area contributed by atoms with Crippen molar-refractivity contribution in [2.45, 2.75) is 26.2 Å². The Hall–Kier alpha value is -2.04. The summed E-state index contributed by atoms with van der Waals surface area (Å²) in [6.45, 7) is 2.05. The van der Waals surface area contributed by atoms with E-state index in [1.54, 1.807) is 18.2 Å². The zero-order valence-corrected chi connectivity index (χ0v) is 15.2. The van der Waals surface area contributed by atoms with Crippen LogP contribution in [-0.2, 0) is 17.6 Å². The molecule has 128 valence electrons. The summed E-state index contributed by atoms with van der Waals surface area (Å²) in [6.07, 6.45) is 4.28. The van der Waals surface area contributed by atoms with Crippen molar-refractivity contribution in [3.8, 4) is 0 Å². The first-order chi connectivity index (χ1) is 12.0. The van der Waals surface area contributed by atoms with Crippen LogP contribution in [0.2, 0.25) is 10.0 Å². The van der Waals surface area contributed by atoms with Gasteiger partial charge in [-0.1, -0.05) is 29.3 Å². The number of imidazole rings is 1. The third-order valence-corrected chi connectivity index (χ3v) is 5.53. The molecular weight excluding hydrogens is 357 g/mol. The van der Waals surface area contributed by atoms with E-state index >= 15 is 0 Å². The minimum absolute atomic E-state index is 0.0307. The van der Waals surface area contributed by atoms with Gasteiger partial charge in [0.25, 0.3) is 0 Å². The lowest BCUT2D eigenvalue weighted by Gasteiger charge is -2.21. The summed E-state index contributed by atoms with van der Waals surface area (Å²) < 4.78 is 2.09. The van der Waals surface area contributed by atoms with Gasteiger partial charge in [0.1, 0.15) is 5.65 Å². The molecular formula is C19H17Cl2N3O. The van der Waals surface area contributed by atoms with E-state index in [-0.39, 0.29) is 11.8 Å². The number of carbonyl (C=O) groups excluding carboxylic acids is 1. The Morgan fingerprint density at radius 1 is 1.32 bits per heavy atom. The maximum absolute atomic E-state index is 12.7. The van der Waals surface area contributed by atoms with Crippen molar-refractivity contribution in [1.82, 2.24) is 9.38 Å². The van der Waals surface area contributed by atoms with Gasteiger partial charge in [-0.3, -0.25) is 4.79 Å². The number of halogens is 2. The number of hydrogen-bond acceptors (Lipinski definition) is 2. The van der Waals surface area contributed by atoms with Crippen LogP contribution in [-0.4, -0.2) is 15.3 Å².